The molecular weight excluding hydrogens is 467 g/mol. The van der Waals surface area contributed by atoms with Crippen molar-refractivity contribution in [2.45, 2.75) is 37.1 Å². The number of benzene rings is 3. The standard InChI is InChI=1S/C27H27FN2O4S/c1-18(24-4-2-3-5-25(24)28)29-27(32)21-10-12-22(13-11-21)30-26(31)16-19-8-14-23(15-9-19)35(33,34)17-20-6-7-20/h2-5,8-15,18,20H,6-7,16-17H2,1H3,(H,29,32)(H,30,31)/t18-/m0/s1. The predicted octanol–water partition coefficient (Wildman–Crippen LogP) is 4.68. The van der Waals surface area contributed by atoms with E-state index >= 15 is 0 Å². The van der Waals surface area contributed by atoms with Crippen molar-refractivity contribution in [3.05, 3.63) is 95.3 Å². The molecule has 2 N–H and O–H groups in total. The third-order valence-electron chi connectivity index (χ3n) is 5.95. The molecule has 0 aliphatic heterocycles. The van der Waals surface area contributed by atoms with Crippen molar-refractivity contribution in [3.8, 4) is 0 Å². The smallest absolute Gasteiger partial charge is 0.251 e. The minimum atomic E-state index is -3.28. The van der Waals surface area contributed by atoms with Gasteiger partial charge in [0, 0.05) is 16.8 Å². The van der Waals surface area contributed by atoms with Crippen molar-refractivity contribution in [1.29, 1.82) is 0 Å². The number of nitrogens with one attached hydrogen (secondary N) is 2. The van der Waals surface area contributed by atoms with E-state index in [2.05, 4.69) is 10.6 Å². The largest absolute Gasteiger partial charge is 0.345 e. The molecule has 1 fully saturated rings. The lowest BCUT2D eigenvalue weighted by Gasteiger charge is -2.15. The number of halogens is 1. The fourth-order valence-electron chi connectivity index (χ4n) is 3.79. The topological polar surface area (TPSA) is 92.3 Å². The van der Waals surface area contributed by atoms with Crippen LogP contribution in [-0.2, 0) is 21.1 Å². The number of sulfone groups is 1. The van der Waals surface area contributed by atoms with Gasteiger partial charge in [0.2, 0.25) is 5.91 Å². The van der Waals surface area contributed by atoms with E-state index in [1.54, 1.807) is 73.7 Å². The van der Waals surface area contributed by atoms with Gasteiger partial charge >= 0.3 is 0 Å². The van der Waals surface area contributed by atoms with Crippen LogP contribution in [-0.4, -0.2) is 26.0 Å². The Morgan fingerprint density at radius 2 is 1.63 bits per heavy atom. The summed E-state index contributed by atoms with van der Waals surface area (Å²) in [6.07, 6.45) is 2.03. The highest BCUT2D eigenvalue weighted by Gasteiger charge is 2.29. The van der Waals surface area contributed by atoms with Crippen LogP contribution in [0, 0.1) is 11.7 Å². The minimum Gasteiger partial charge on any atom is -0.345 e. The van der Waals surface area contributed by atoms with E-state index in [1.165, 1.54) is 6.07 Å². The lowest BCUT2D eigenvalue weighted by atomic mass is 10.1. The van der Waals surface area contributed by atoms with Crippen molar-refractivity contribution in [3.63, 3.8) is 0 Å². The van der Waals surface area contributed by atoms with Crippen molar-refractivity contribution < 1.29 is 22.4 Å². The zero-order valence-electron chi connectivity index (χ0n) is 19.3. The van der Waals surface area contributed by atoms with E-state index in [0.717, 1.165) is 12.8 Å². The Labute approximate surface area is 204 Å². The monoisotopic (exact) mass is 494 g/mol. The molecule has 1 aliphatic rings. The number of carbonyl (C=O) groups is 2. The molecule has 2 amide bonds. The van der Waals surface area contributed by atoms with Gasteiger partial charge in [-0.05, 0) is 73.7 Å². The molecule has 0 bridgehead atoms. The molecule has 35 heavy (non-hydrogen) atoms. The van der Waals surface area contributed by atoms with Gasteiger partial charge in [-0.3, -0.25) is 9.59 Å². The molecule has 1 saturated carbocycles. The lowest BCUT2D eigenvalue weighted by molar-refractivity contribution is -0.115. The van der Waals surface area contributed by atoms with Crippen molar-refractivity contribution in [2.75, 3.05) is 11.1 Å². The van der Waals surface area contributed by atoms with Crippen LogP contribution < -0.4 is 10.6 Å². The van der Waals surface area contributed by atoms with Gasteiger partial charge in [0.15, 0.2) is 9.84 Å². The van der Waals surface area contributed by atoms with Crippen molar-refractivity contribution in [1.82, 2.24) is 5.32 Å². The molecule has 0 saturated heterocycles. The summed E-state index contributed by atoms with van der Waals surface area (Å²) in [5, 5.41) is 5.54. The average molecular weight is 495 g/mol. The first-order chi connectivity index (χ1) is 16.7. The summed E-state index contributed by atoms with van der Waals surface area (Å²) in [4.78, 5) is 25.2. The van der Waals surface area contributed by atoms with Crippen LogP contribution in [0.15, 0.2) is 77.7 Å². The number of anilines is 1. The predicted molar refractivity (Wildman–Crippen MR) is 132 cm³/mol. The maximum absolute atomic E-state index is 13.9. The van der Waals surface area contributed by atoms with E-state index in [4.69, 9.17) is 0 Å². The molecular formula is C27H27FN2O4S. The first-order valence-corrected chi connectivity index (χ1v) is 13.1. The number of hydrogen-bond acceptors (Lipinski definition) is 4. The lowest BCUT2D eigenvalue weighted by Crippen LogP contribution is -2.27. The molecule has 0 spiro atoms. The van der Waals surface area contributed by atoms with Crippen LogP contribution in [0.4, 0.5) is 10.1 Å². The summed E-state index contributed by atoms with van der Waals surface area (Å²) in [6, 6.07) is 18.6. The molecule has 4 rings (SSSR count). The molecule has 0 unspecified atom stereocenters. The molecule has 0 radical (unpaired) electrons. The van der Waals surface area contributed by atoms with E-state index < -0.39 is 15.9 Å². The Balaban J connectivity index is 1.30. The molecule has 8 heteroatoms. The quantitative estimate of drug-likeness (QED) is 0.452. The Hall–Kier alpha value is -3.52. The molecule has 0 heterocycles. The maximum Gasteiger partial charge on any atom is 0.251 e. The average Bonchev–Trinajstić information content (AvgIpc) is 3.63. The molecule has 1 aliphatic carbocycles. The zero-order chi connectivity index (χ0) is 25.0. The summed E-state index contributed by atoms with van der Waals surface area (Å²) < 4.78 is 38.6. The van der Waals surface area contributed by atoms with Gasteiger partial charge in [-0.1, -0.05) is 30.3 Å². The molecule has 3 aromatic rings. The Morgan fingerprint density at radius 1 is 0.971 bits per heavy atom. The van der Waals surface area contributed by atoms with Crippen LogP contribution in [0.5, 0.6) is 0 Å². The van der Waals surface area contributed by atoms with Gasteiger partial charge in [-0.2, -0.15) is 0 Å². The Morgan fingerprint density at radius 3 is 2.26 bits per heavy atom. The van der Waals surface area contributed by atoms with Crippen molar-refractivity contribution >= 4 is 27.3 Å². The number of hydrogen-bond donors (Lipinski definition) is 2. The first kappa shape index (κ1) is 24.6. The number of carbonyl (C=O) groups excluding carboxylic acids is 2. The van der Waals surface area contributed by atoms with E-state index in [-0.39, 0.29) is 40.6 Å². The van der Waals surface area contributed by atoms with Gasteiger partial charge in [0.05, 0.1) is 23.1 Å². The second kappa shape index (κ2) is 10.4. The highest BCUT2D eigenvalue weighted by atomic mass is 32.2. The van der Waals surface area contributed by atoms with Gasteiger partial charge in [-0.25, -0.2) is 12.8 Å². The van der Waals surface area contributed by atoms with Crippen LogP contribution in [0.2, 0.25) is 0 Å². The van der Waals surface area contributed by atoms with E-state index in [0.29, 0.717) is 22.4 Å². The Kier molecular flexibility index (Phi) is 7.31. The first-order valence-electron chi connectivity index (χ1n) is 11.5. The van der Waals surface area contributed by atoms with Crippen molar-refractivity contribution in [2.24, 2.45) is 5.92 Å². The van der Waals surface area contributed by atoms with Crippen LogP contribution in [0.1, 0.15) is 47.3 Å². The third-order valence-corrected chi connectivity index (χ3v) is 7.85. The fraction of sp³-hybridized carbons (Fsp3) is 0.259. The summed E-state index contributed by atoms with van der Waals surface area (Å²) in [7, 11) is -3.28. The number of amides is 2. The van der Waals surface area contributed by atoms with Crippen LogP contribution in [0.3, 0.4) is 0 Å². The van der Waals surface area contributed by atoms with Gasteiger partial charge in [0.1, 0.15) is 5.82 Å². The second-order valence-electron chi connectivity index (χ2n) is 8.89. The normalized spacial score (nSPS) is 14.2. The van der Waals surface area contributed by atoms with E-state index in [9.17, 15) is 22.4 Å². The summed E-state index contributed by atoms with van der Waals surface area (Å²) in [5.41, 5.74) is 2.01. The summed E-state index contributed by atoms with van der Waals surface area (Å²) >= 11 is 0. The van der Waals surface area contributed by atoms with Gasteiger partial charge in [0.25, 0.3) is 5.91 Å². The molecule has 3 aromatic carbocycles. The summed E-state index contributed by atoms with van der Waals surface area (Å²) in [6.45, 7) is 1.71. The molecule has 182 valence electrons. The van der Waals surface area contributed by atoms with Gasteiger partial charge < -0.3 is 10.6 Å². The van der Waals surface area contributed by atoms with Crippen LogP contribution in [0.25, 0.3) is 0 Å². The van der Waals surface area contributed by atoms with E-state index in [1.807, 2.05) is 0 Å². The maximum atomic E-state index is 13.9. The highest BCUT2D eigenvalue weighted by molar-refractivity contribution is 7.91. The molecule has 0 aromatic heterocycles. The third kappa shape index (κ3) is 6.54. The SMILES string of the molecule is C[C@H](NC(=O)c1ccc(NC(=O)Cc2ccc(S(=O)(=O)CC3CC3)cc2)cc1)c1ccccc1F. The number of rotatable bonds is 9. The second-order valence-corrected chi connectivity index (χ2v) is 10.9. The zero-order valence-corrected chi connectivity index (χ0v) is 20.1. The molecule has 6 nitrogen and oxygen atoms in total. The minimum absolute atomic E-state index is 0.0886. The fourth-order valence-corrected chi connectivity index (χ4v) is 5.48. The van der Waals surface area contributed by atoms with Crippen LogP contribution >= 0.6 is 0 Å². The summed E-state index contributed by atoms with van der Waals surface area (Å²) in [5.74, 6) is -0.534. The molecule has 1 atom stereocenters. The Bertz CT molecular complexity index is 1320. The van der Waals surface area contributed by atoms with Gasteiger partial charge in [-0.15, -0.1) is 0 Å². The highest BCUT2D eigenvalue weighted by Crippen LogP contribution is 2.32.